The maximum absolute atomic E-state index is 9.54. The maximum Gasteiger partial charge on any atom is 0.209 e. The van der Waals surface area contributed by atoms with Crippen LogP contribution in [0.25, 0.3) is 0 Å². The molecule has 0 aliphatic carbocycles. The van der Waals surface area contributed by atoms with E-state index in [9.17, 15) is 5.11 Å². The van der Waals surface area contributed by atoms with Crippen LogP contribution in [0.5, 0.6) is 0 Å². The van der Waals surface area contributed by atoms with Gasteiger partial charge >= 0.3 is 0 Å². The van der Waals surface area contributed by atoms with Gasteiger partial charge in [0.15, 0.2) is 0 Å². The van der Waals surface area contributed by atoms with Crippen molar-refractivity contribution >= 4 is 9.04 Å². The number of rotatable bonds is 3. The van der Waals surface area contributed by atoms with E-state index in [4.69, 9.17) is 9.53 Å². The second kappa shape index (κ2) is 5.48. The molecule has 1 saturated heterocycles. The molecule has 0 spiro atoms. The van der Waals surface area contributed by atoms with Crippen molar-refractivity contribution in [1.29, 1.82) is 0 Å². The van der Waals surface area contributed by atoms with Crippen molar-refractivity contribution in [3.05, 3.63) is 12.2 Å². The highest BCUT2D eigenvalue weighted by Crippen LogP contribution is 2.13. The third kappa shape index (κ3) is 3.06. The predicted octanol–water partition coefficient (Wildman–Crippen LogP) is -0.0308. The predicted molar refractivity (Wildman–Crippen MR) is 49.4 cm³/mol. The summed E-state index contributed by atoms with van der Waals surface area (Å²) in [5.41, 5.74) is -0.419. The number of aliphatic hydroxyl groups excluding tert-OH is 2. The number of aliphatic hydroxyl groups is 2. The second-order valence-electron chi connectivity index (χ2n) is 3.01. The maximum atomic E-state index is 9.54. The summed E-state index contributed by atoms with van der Waals surface area (Å²) in [5, 5.41) is 18.0. The van der Waals surface area contributed by atoms with Crippen LogP contribution >= 0.6 is 0 Å². The van der Waals surface area contributed by atoms with Crippen molar-refractivity contribution in [3.8, 4) is 0 Å². The molecule has 1 aliphatic heterocycles. The molecule has 2 N–H and O–H groups in total. The van der Waals surface area contributed by atoms with Gasteiger partial charge in [-0.1, -0.05) is 18.6 Å². The summed E-state index contributed by atoms with van der Waals surface area (Å²) in [6, 6.07) is 1.05. The molecule has 0 radical (unpaired) electrons. The van der Waals surface area contributed by atoms with Crippen LogP contribution in [0.1, 0.15) is 12.8 Å². The number of hydrogen-bond donors (Lipinski definition) is 2. The fourth-order valence-electron chi connectivity index (χ4n) is 1.36. The number of hydrogen-bond acceptors (Lipinski definition) is 3. The largest absolute Gasteiger partial charge is 0.417 e. The van der Waals surface area contributed by atoms with Gasteiger partial charge in [-0.15, -0.1) is 0 Å². The summed E-state index contributed by atoms with van der Waals surface area (Å²) >= 11 is 0. The van der Waals surface area contributed by atoms with Gasteiger partial charge in [0.05, 0.1) is 12.3 Å². The molecule has 2 atom stereocenters. The fourth-order valence-corrected chi connectivity index (χ4v) is 3.63. The van der Waals surface area contributed by atoms with E-state index in [0.717, 1.165) is 19.1 Å². The molecule has 1 rings (SSSR count). The first-order chi connectivity index (χ1) is 5.84. The standard InChI is InChI=1S/C8H16O3Si/c9-5-3-4-8(10)12-7-2-1-6-11-12/h3-4,8-10,12H,1-2,5-7H2. The molecule has 0 aromatic rings. The average molecular weight is 188 g/mol. The van der Waals surface area contributed by atoms with Crippen molar-refractivity contribution in [2.45, 2.75) is 24.6 Å². The lowest BCUT2D eigenvalue weighted by Gasteiger charge is -2.23. The lowest BCUT2D eigenvalue weighted by molar-refractivity contribution is 0.218. The van der Waals surface area contributed by atoms with Crippen molar-refractivity contribution in [2.75, 3.05) is 13.2 Å². The molecular formula is C8H16O3Si. The van der Waals surface area contributed by atoms with Gasteiger partial charge in [0, 0.05) is 6.61 Å². The summed E-state index contributed by atoms with van der Waals surface area (Å²) < 4.78 is 5.49. The lowest BCUT2D eigenvalue weighted by atomic mass is 10.4. The van der Waals surface area contributed by atoms with Gasteiger partial charge < -0.3 is 14.6 Å². The van der Waals surface area contributed by atoms with Crippen molar-refractivity contribution in [1.82, 2.24) is 0 Å². The van der Waals surface area contributed by atoms with E-state index in [1.165, 1.54) is 6.42 Å². The van der Waals surface area contributed by atoms with Crippen LogP contribution in [0.15, 0.2) is 12.2 Å². The van der Waals surface area contributed by atoms with Crippen LogP contribution in [-0.2, 0) is 4.43 Å². The molecule has 0 saturated carbocycles. The minimum atomic E-state index is -1.39. The first kappa shape index (κ1) is 9.92. The van der Waals surface area contributed by atoms with Gasteiger partial charge in [-0.2, -0.15) is 0 Å². The second-order valence-corrected chi connectivity index (χ2v) is 5.68. The molecule has 12 heavy (non-hydrogen) atoms. The zero-order chi connectivity index (χ0) is 8.81. The lowest BCUT2D eigenvalue weighted by Crippen LogP contribution is -2.35. The topological polar surface area (TPSA) is 49.7 Å². The smallest absolute Gasteiger partial charge is 0.209 e. The van der Waals surface area contributed by atoms with Crippen LogP contribution in [-0.4, -0.2) is 38.2 Å². The quantitative estimate of drug-likeness (QED) is 0.483. The Kier molecular flexibility index (Phi) is 4.53. The van der Waals surface area contributed by atoms with E-state index in [-0.39, 0.29) is 6.61 Å². The van der Waals surface area contributed by atoms with E-state index in [1.54, 1.807) is 12.2 Å². The van der Waals surface area contributed by atoms with E-state index >= 15 is 0 Å². The minimum Gasteiger partial charge on any atom is -0.417 e. The molecule has 1 fully saturated rings. The molecular weight excluding hydrogens is 172 g/mol. The zero-order valence-electron chi connectivity index (χ0n) is 7.15. The summed E-state index contributed by atoms with van der Waals surface area (Å²) in [5.74, 6) is 0. The highest BCUT2D eigenvalue weighted by molar-refractivity contribution is 6.54. The highest BCUT2D eigenvalue weighted by Gasteiger charge is 2.22. The van der Waals surface area contributed by atoms with Crippen molar-refractivity contribution in [3.63, 3.8) is 0 Å². The molecule has 0 bridgehead atoms. The van der Waals surface area contributed by atoms with Gasteiger partial charge in [-0.25, -0.2) is 0 Å². The van der Waals surface area contributed by atoms with Gasteiger partial charge in [0.25, 0.3) is 0 Å². The van der Waals surface area contributed by atoms with Crippen LogP contribution in [0.2, 0.25) is 6.04 Å². The summed E-state index contributed by atoms with van der Waals surface area (Å²) in [7, 11) is -1.39. The Balaban J connectivity index is 2.29. The van der Waals surface area contributed by atoms with Gasteiger partial charge in [0.2, 0.25) is 9.04 Å². The Bertz CT molecular complexity index is 143. The third-order valence-corrected chi connectivity index (χ3v) is 4.66. The monoisotopic (exact) mass is 188 g/mol. The Labute approximate surface area is 74.4 Å². The van der Waals surface area contributed by atoms with E-state index in [1.807, 2.05) is 0 Å². The molecule has 70 valence electrons. The summed E-state index contributed by atoms with van der Waals surface area (Å²) in [6.07, 6.45) is 5.54. The van der Waals surface area contributed by atoms with E-state index < -0.39 is 14.8 Å². The van der Waals surface area contributed by atoms with Crippen LogP contribution in [0, 0.1) is 0 Å². The molecule has 0 amide bonds. The first-order valence-electron chi connectivity index (χ1n) is 4.42. The Morgan fingerprint density at radius 3 is 2.92 bits per heavy atom. The van der Waals surface area contributed by atoms with Crippen molar-refractivity contribution < 1.29 is 14.6 Å². The fraction of sp³-hybridized carbons (Fsp3) is 0.750. The molecule has 0 aromatic carbocycles. The molecule has 2 unspecified atom stereocenters. The summed E-state index contributed by atoms with van der Waals surface area (Å²) in [4.78, 5) is 0. The minimum absolute atomic E-state index is 0.00181. The highest BCUT2D eigenvalue weighted by atomic mass is 28.3. The Hall–Kier alpha value is -0.163. The molecule has 4 heteroatoms. The first-order valence-corrected chi connectivity index (χ1v) is 6.37. The van der Waals surface area contributed by atoms with Gasteiger partial charge in [0.1, 0.15) is 0 Å². The molecule has 3 nitrogen and oxygen atoms in total. The van der Waals surface area contributed by atoms with Crippen LogP contribution in [0.4, 0.5) is 0 Å². The molecule has 0 aromatic heterocycles. The van der Waals surface area contributed by atoms with E-state index in [2.05, 4.69) is 0 Å². The van der Waals surface area contributed by atoms with Crippen molar-refractivity contribution in [2.24, 2.45) is 0 Å². The average Bonchev–Trinajstić information content (AvgIpc) is 2.15. The Morgan fingerprint density at radius 2 is 2.33 bits per heavy atom. The molecule has 1 aliphatic rings. The normalized spacial score (nSPS) is 27.7. The third-order valence-electron chi connectivity index (χ3n) is 2.03. The SMILES string of the molecule is OCC=CC(O)[SiH]1CCCCO1. The summed E-state index contributed by atoms with van der Waals surface area (Å²) in [6.45, 7) is 0.805. The van der Waals surface area contributed by atoms with E-state index in [0.29, 0.717) is 0 Å². The van der Waals surface area contributed by atoms with Crippen LogP contribution < -0.4 is 0 Å². The Morgan fingerprint density at radius 1 is 1.50 bits per heavy atom. The molecule has 1 heterocycles. The zero-order valence-corrected chi connectivity index (χ0v) is 8.30. The van der Waals surface area contributed by atoms with Gasteiger partial charge in [-0.05, 0) is 12.5 Å². The van der Waals surface area contributed by atoms with Gasteiger partial charge in [-0.3, -0.25) is 0 Å². The van der Waals surface area contributed by atoms with Crippen LogP contribution in [0.3, 0.4) is 0 Å².